The first-order valence-electron chi connectivity index (χ1n) is 8.15. The third-order valence-corrected chi connectivity index (χ3v) is 3.75. The van der Waals surface area contributed by atoms with Crippen LogP contribution >= 0.6 is 0 Å². The van der Waals surface area contributed by atoms with Gasteiger partial charge in [0.1, 0.15) is 12.1 Å². The molecule has 2 atom stereocenters. The molecule has 0 aromatic carbocycles. The number of carbonyl (C=O) groups is 2. The lowest BCUT2D eigenvalue weighted by atomic mass is 10.0. The van der Waals surface area contributed by atoms with Crippen LogP contribution in [0.3, 0.4) is 0 Å². The Labute approximate surface area is 137 Å². The van der Waals surface area contributed by atoms with E-state index < -0.39 is 12.1 Å². The van der Waals surface area contributed by atoms with Crippen molar-refractivity contribution in [1.82, 2.24) is 15.6 Å². The first-order chi connectivity index (χ1) is 11.1. The van der Waals surface area contributed by atoms with Crippen molar-refractivity contribution in [3.8, 4) is 0 Å². The van der Waals surface area contributed by atoms with Crippen LogP contribution in [0.5, 0.6) is 0 Å². The van der Waals surface area contributed by atoms with Crippen LogP contribution in [0.1, 0.15) is 38.7 Å². The highest BCUT2D eigenvalue weighted by molar-refractivity contribution is 5.89. The van der Waals surface area contributed by atoms with E-state index >= 15 is 0 Å². The summed E-state index contributed by atoms with van der Waals surface area (Å²) in [5.74, 6) is -0.0625. The molecule has 23 heavy (non-hydrogen) atoms. The first-order valence-corrected chi connectivity index (χ1v) is 8.15. The molecule has 0 aliphatic carbocycles. The summed E-state index contributed by atoms with van der Waals surface area (Å²) in [4.78, 5) is 28.6. The molecular weight excluding hydrogens is 294 g/mol. The molecule has 1 aromatic rings. The number of hydrogen-bond donors (Lipinski definition) is 2. The smallest absolute Gasteiger partial charge is 0.249 e. The van der Waals surface area contributed by atoms with Crippen LogP contribution < -0.4 is 10.6 Å². The lowest BCUT2D eigenvalue weighted by Gasteiger charge is -2.21. The topological polar surface area (TPSA) is 80.3 Å². The first kappa shape index (κ1) is 17.4. The summed E-state index contributed by atoms with van der Waals surface area (Å²) in [7, 11) is 0. The molecule has 0 spiro atoms. The van der Waals surface area contributed by atoms with Gasteiger partial charge in [-0.15, -0.1) is 0 Å². The van der Waals surface area contributed by atoms with Gasteiger partial charge in [0.05, 0.1) is 0 Å². The predicted octanol–water partition coefficient (Wildman–Crippen LogP) is 1.41. The zero-order valence-electron chi connectivity index (χ0n) is 13.7. The Balaban J connectivity index is 1.90. The van der Waals surface area contributed by atoms with Gasteiger partial charge in [0.2, 0.25) is 11.8 Å². The summed E-state index contributed by atoms with van der Waals surface area (Å²) in [5, 5.41) is 5.70. The molecule has 6 nitrogen and oxygen atoms in total. The number of ether oxygens (including phenoxy) is 1. The van der Waals surface area contributed by atoms with Gasteiger partial charge >= 0.3 is 0 Å². The Kier molecular flexibility index (Phi) is 6.52. The minimum absolute atomic E-state index is 0.172. The van der Waals surface area contributed by atoms with Crippen LogP contribution in [0.4, 0.5) is 0 Å². The molecule has 2 N–H and O–H groups in total. The predicted molar refractivity (Wildman–Crippen MR) is 86.4 cm³/mol. The van der Waals surface area contributed by atoms with Gasteiger partial charge in [-0.25, -0.2) is 0 Å². The third-order valence-electron chi connectivity index (χ3n) is 3.75. The minimum Gasteiger partial charge on any atom is -0.368 e. The molecule has 0 saturated carbocycles. The van der Waals surface area contributed by atoms with Crippen molar-refractivity contribution in [2.75, 3.05) is 6.61 Å². The molecule has 0 radical (unpaired) electrons. The SMILES string of the molecule is CC(C)C[C@@H](NC(=O)C1CCCO1)C(=O)NCc1cccnc1. The van der Waals surface area contributed by atoms with Crippen LogP contribution in [-0.4, -0.2) is 35.6 Å². The number of nitrogens with one attached hydrogen (secondary N) is 2. The highest BCUT2D eigenvalue weighted by Crippen LogP contribution is 2.13. The fourth-order valence-electron chi connectivity index (χ4n) is 2.57. The molecule has 1 fully saturated rings. The van der Waals surface area contributed by atoms with Gasteiger partial charge in [0, 0.05) is 25.5 Å². The average molecular weight is 319 g/mol. The van der Waals surface area contributed by atoms with Crippen LogP contribution in [0.25, 0.3) is 0 Å². The Morgan fingerprint density at radius 1 is 1.43 bits per heavy atom. The zero-order valence-corrected chi connectivity index (χ0v) is 13.7. The average Bonchev–Trinajstić information content (AvgIpc) is 3.07. The number of aromatic nitrogens is 1. The number of nitrogens with zero attached hydrogens (tertiary/aromatic N) is 1. The van der Waals surface area contributed by atoms with Crippen molar-refractivity contribution in [2.24, 2.45) is 5.92 Å². The summed E-state index contributed by atoms with van der Waals surface area (Å²) in [5.41, 5.74) is 0.926. The summed E-state index contributed by atoms with van der Waals surface area (Å²) in [6.45, 7) is 5.07. The van der Waals surface area contributed by atoms with E-state index in [1.807, 2.05) is 26.0 Å². The second-order valence-corrected chi connectivity index (χ2v) is 6.27. The molecule has 126 valence electrons. The molecule has 2 amide bonds. The maximum atomic E-state index is 12.4. The minimum atomic E-state index is -0.539. The van der Waals surface area contributed by atoms with E-state index in [2.05, 4.69) is 15.6 Å². The van der Waals surface area contributed by atoms with Gasteiger partial charge in [-0.05, 0) is 36.8 Å². The van der Waals surface area contributed by atoms with E-state index in [9.17, 15) is 9.59 Å². The van der Waals surface area contributed by atoms with Gasteiger partial charge in [-0.1, -0.05) is 19.9 Å². The highest BCUT2D eigenvalue weighted by Gasteiger charge is 2.28. The lowest BCUT2D eigenvalue weighted by Crippen LogP contribution is -2.50. The normalized spacial score (nSPS) is 18.7. The van der Waals surface area contributed by atoms with Crippen LogP contribution in [0.2, 0.25) is 0 Å². The number of amides is 2. The van der Waals surface area contributed by atoms with E-state index in [0.29, 0.717) is 25.5 Å². The van der Waals surface area contributed by atoms with Crippen molar-refractivity contribution in [3.63, 3.8) is 0 Å². The van der Waals surface area contributed by atoms with E-state index in [1.54, 1.807) is 12.4 Å². The summed E-state index contributed by atoms with van der Waals surface area (Å²) < 4.78 is 5.38. The quantitative estimate of drug-likeness (QED) is 0.796. The summed E-state index contributed by atoms with van der Waals surface area (Å²) >= 11 is 0. The van der Waals surface area contributed by atoms with Crippen LogP contribution in [0.15, 0.2) is 24.5 Å². The Morgan fingerprint density at radius 3 is 2.87 bits per heavy atom. The fourth-order valence-corrected chi connectivity index (χ4v) is 2.57. The second kappa shape index (κ2) is 8.62. The standard InChI is InChI=1S/C17H25N3O3/c1-12(2)9-14(20-17(22)15-6-4-8-23-15)16(21)19-11-13-5-3-7-18-10-13/h3,5,7,10,12,14-15H,4,6,8-9,11H2,1-2H3,(H,19,21)(H,20,22)/t14-,15?/m1/s1. The van der Waals surface area contributed by atoms with Crippen molar-refractivity contribution in [2.45, 2.75) is 51.8 Å². The number of carbonyl (C=O) groups excluding carboxylic acids is 2. The Morgan fingerprint density at radius 2 is 2.26 bits per heavy atom. The maximum absolute atomic E-state index is 12.4. The van der Waals surface area contributed by atoms with Gasteiger partial charge in [0.15, 0.2) is 0 Å². The summed E-state index contributed by atoms with van der Waals surface area (Å²) in [6.07, 6.45) is 5.18. The van der Waals surface area contributed by atoms with Crippen LogP contribution in [-0.2, 0) is 20.9 Å². The molecule has 0 bridgehead atoms. The molecule has 6 heteroatoms. The number of pyridine rings is 1. The van der Waals surface area contributed by atoms with Crippen molar-refractivity contribution in [1.29, 1.82) is 0 Å². The van der Waals surface area contributed by atoms with Gasteiger partial charge in [-0.2, -0.15) is 0 Å². The number of hydrogen-bond acceptors (Lipinski definition) is 4. The van der Waals surface area contributed by atoms with Gasteiger partial charge in [0.25, 0.3) is 0 Å². The third kappa shape index (κ3) is 5.63. The molecule has 1 aliphatic rings. The maximum Gasteiger partial charge on any atom is 0.249 e. The molecule has 1 aromatic heterocycles. The Hall–Kier alpha value is -1.95. The molecular formula is C17H25N3O3. The summed E-state index contributed by atoms with van der Waals surface area (Å²) in [6, 6.07) is 3.19. The van der Waals surface area contributed by atoms with E-state index in [0.717, 1.165) is 18.4 Å². The second-order valence-electron chi connectivity index (χ2n) is 6.27. The lowest BCUT2D eigenvalue weighted by molar-refractivity contribution is -0.134. The molecule has 1 saturated heterocycles. The van der Waals surface area contributed by atoms with Gasteiger partial charge in [-0.3, -0.25) is 14.6 Å². The van der Waals surface area contributed by atoms with E-state index in [-0.39, 0.29) is 11.8 Å². The Bertz CT molecular complexity index is 513. The van der Waals surface area contributed by atoms with Crippen molar-refractivity contribution in [3.05, 3.63) is 30.1 Å². The van der Waals surface area contributed by atoms with Crippen molar-refractivity contribution < 1.29 is 14.3 Å². The van der Waals surface area contributed by atoms with Crippen LogP contribution in [0, 0.1) is 5.92 Å². The zero-order chi connectivity index (χ0) is 16.7. The van der Waals surface area contributed by atoms with E-state index in [4.69, 9.17) is 4.74 Å². The number of rotatable bonds is 7. The van der Waals surface area contributed by atoms with E-state index in [1.165, 1.54) is 0 Å². The van der Waals surface area contributed by atoms with Crippen molar-refractivity contribution >= 4 is 11.8 Å². The molecule has 1 aliphatic heterocycles. The fraction of sp³-hybridized carbons (Fsp3) is 0.588. The monoisotopic (exact) mass is 319 g/mol. The largest absolute Gasteiger partial charge is 0.368 e. The molecule has 2 rings (SSSR count). The molecule has 1 unspecified atom stereocenters. The molecule has 2 heterocycles. The highest BCUT2D eigenvalue weighted by atomic mass is 16.5. The van der Waals surface area contributed by atoms with Gasteiger partial charge < -0.3 is 15.4 Å².